The Bertz CT molecular complexity index is 497. The highest BCUT2D eigenvalue weighted by atomic mass is 32.2. The lowest BCUT2D eigenvalue weighted by atomic mass is 9.88. The topological polar surface area (TPSA) is 138 Å². The van der Waals surface area contributed by atoms with Crippen molar-refractivity contribution in [3.8, 4) is 0 Å². The summed E-state index contributed by atoms with van der Waals surface area (Å²) in [6.07, 6.45) is -0.785. The van der Waals surface area contributed by atoms with Gasteiger partial charge in [-0.25, -0.2) is 9.52 Å². The number of nitrogens with two attached hydrogens (primary N) is 1. The molecule has 0 atom stereocenters. The summed E-state index contributed by atoms with van der Waals surface area (Å²) in [6, 6.07) is 0. The number of nitrogens with one attached hydrogen (secondary N) is 3. The Morgan fingerprint density at radius 1 is 1.38 bits per heavy atom. The number of carbonyl (C=O) groups is 1. The van der Waals surface area contributed by atoms with Gasteiger partial charge < -0.3 is 15.4 Å². The molecule has 5 N–H and O–H groups in total. The Labute approximate surface area is 124 Å². The maximum atomic E-state index is 12.0. The SMILES string of the molecule is CC(C)OC(=O)NS(=O)(=O)NC1(C(=N)N)CCN(C)CC1. The first kappa shape index (κ1) is 17.7. The molecule has 1 fully saturated rings. The molecule has 1 heterocycles. The Morgan fingerprint density at radius 3 is 2.33 bits per heavy atom. The lowest BCUT2D eigenvalue weighted by Gasteiger charge is -2.39. The standard InChI is InChI=1S/C11H23N5O4S/c1-8(2)20-10(17)14-21(18,19)15-11(9(12)13)4-6-16(3)7-5-11/h8,15H,4-7H2,1-3H3,(H3,12,13)(H,14,17). The van der Waals surface area contributed by atoms with Crippen LogP contribution in [0.2, 0.25) is 0 Å². The van der Waals surface area contributed by atoms with Crippen molar-refractivity contribution in [2.24, 2.45) is 5.73 Å². The summed E-state index contributed by atoms with van der Waals surface area (Å²) in [5, 5.41) is 7.67. The third-order valence-corrected chi connectivity index (χ3v) is 4.34. The van der Waals surface area contributed by atoms with Crippen LogP contribution in [0.3, 0.4) is 0 Å². The second-order valence-corrected chi connectivity index (χ2v) is 6.88. The number of carbonyl (C=O) groups excluding carboxylic acids is 1. The van der Waals surface area contributed by atoms with Crippen LogP contribution in [0.5, 0.6) is 0 Å². The summed E-state index contributed by atoms with van der Waals surface area (Å²) < 4.78 is 32.8. The van der Waals surface area contributed by atoms with Crippen LogP contribution in [0.1, 0.15) is 26.7 Å². The zero-order valence-electron chi connectivity index (χ0n) is 12.5. The number of ether oxygens (including phenoxy) is 1. The Morgan fingerprint density at radius 2 is 1.90 bits per heavy atom. The number of rotatable bonds is 5. The molecule has 0 bridgehead atoms. The highest BCUT2D eigenvalue weighted by Crippen LogP contribution is 2.22. The molecule has 0 aromatic carbocycles. The average molecular weight is 321 g/mol. The molecule has 9 nitrogen and oxygen atoms in total. The Hall–Kier alpha value is -1.39. The number of amidine groups is 1. The van der Waals surface area contributed by atoms with Crippen molar-refractivity contribution in [1.29, 1.82) is 5.41 Å². The fourth-order valence-electron chi connectivity index (χ4n) is 2.06. The van der Waals surface area contributed by atoms with E-state index in [2.05, 4.69) is 4.72 Å². The lowest BCUT2D eigenvalue weighted by molar-refractivity contribution is 0.121. The minimum Gasteiger partial charge on any atom is -0.446 e. The molecule has 0 spiro atoms. The minimum atomic E-state index is -4.16. The first-order valence-electron chi connectivity index (χ1n) is 6.62. The highest BCUT2D eigenvalue weighted by Gasteiger charge is 2.40. The third kappa shape index (κ3) is 5.14. The number of hydrogen-bond donors (Lipinski definition) is 4. The molecule has 0 aromatic rings. The van der Waals surface area contributed by atoms with E-state index in [9.17, 15) is 13.2 Å². The van der Waals surface area contributed by atoms with E-state index in [4.69, 9.17) is 15.9 Å². The molecule has 0 saturated carbocycles. The molecule has 21 heavy (non-hydrogen) atoms. The monoisotopic (exact) mass is 321 g/mol. The van der Waals surface area contributed by atoms with Crippen molar-refractivity contribution in [3.63, 3.8) is 0 Å². The average Bonchev–Trinajstić information content (AvgIpc) is 2.29. The smallest absolute Gasteiger partial charge is 0.422 e. The molecular formula is C11H23N5O4S. The van der Waals surface area contributed by atoms with Gasteiger partial charge >= 0.3 is 16.3 Å². The minimum absolute atomic E-state index is 0.266. The summed E-state index contributed by atoms with van der Waals surface area (Å²) in [5.74, 6) is -0.266. The van der Waals surface area contributed by atoms with Gasteiger partial charge in [-0.1, -0.05) is 0 Å². The van der Waals surface area contributed by atoms with Crippen LogP contribution in [0.25, 0.3) is 0 Å². The molecule has 1 saturated heterocycles. The van der Waals surface area contributed by atoms with Crippen molar-refractivity contribution in [3.05, 3.63) is 0 Å². The van der Waals surface area contributed by atoms with E-state index in [1.165, 1.54) is 0 Å². The van der Waals surface area contributed by atoms with Gasteiger partial charge in [0.15, 0.2) is 0 Å². The fraction of sp³-hybridized carbons (Fsp3) is 0.818. The summed E-state index contributed by atoms with van der Waals surface area (Å²) in [4.78, 5) is 13.4. The fourth-order valence-corrected chi connectivity index (χ4v) is 3.20. The summed E-state index contributed by atoms with van der Waals surface area (Å²) >= 11 is 0. The molecule has 0 radical (unpaired) electrons. The summed E-state index contributed by atoms with van der Waals surface area (Å²) in [6.45, 7) is 4.40. The van der Waals surface area contributed by atoms with Crippen LogP contribution in [-0.4, -0.2) is 57.0 Å². The normalized spacial score (nSPS) is 19.2. The molecule has 1 amide bonds. The number of nitrogens with zero attached hydrogens (tertiary/aromatic N) is 1. The third-order valence-electron chi connectivity index (χ3n) is 3.25. The number of hydrogen-bond acceptors (Lipinski definition) is 6. The van der Waals surface area contributed by atoms with E-state index in [0.29, 0.717) is 25.9 Å². The second kappa shape index (κ2) is 6.58. The second-order valence-electron chi connectivity index (χ2n) is 5.46. The van der Waals surface area contributed by atoms with E-state index >= 15 is 0 Å². The largest absolute Gasteiger partial charge is 0.446 e. The van der Waals surface area contributed by atoms with Crippen LogP contribution >= 0.6 is 0 Å². The van der Waals surface area contributed by atoms with Gasteiger partial charge in [-0.15, -0.1) is 0 Å². The predicted octanol–water partition coefficient (Wildman–Crippen LogP) is -0.644. The van der Waals surface area contributed by atoms with E-state index in [0.717, 1.165) is 0 Å². The first-order chi connectivity index (χ1) is 9.56. The van der Waals surface area contributed by atoms with E-state index in [-0.39, 0.29) is 5.84 Å². The van der Waals surface area contributed by atoms with Gasteiger partial charge in [0.2, 0.25) is 0 Å². The van der Waals surface area contributed by atoms with Gasteiger partial charge in [-0.2, -0.15) is 13.1 Å². The Kier molecular flexibility index (Phi) is 5.54. The molecule has 122 valence electrons. The van der Waals surface area contributed by atoms with Gasteiger partial charge in [0.25, 0.3) is 0 Å². The molecule has 1 aliphatic heterocycles. The molecule has 0 unspecified atom stereocenters. The highest BCUT2D eigenvalue weighted by molar-refractivity contribution is 7.88. The van der Waals surface area contributed by atoms with Crippen LogP contribution < -0.4 is 15.2 Å². The first-order valence-corrected chi connectivity index (χ1v) is 8.10. The molecule has 10 heteroatoms. The van der Waals surface area contributed by atoms with Crippen molar-refractivity contribution in [2.75, 3.05) is 20.1 Å². The maximum Gasteiger partial charge on any atom is 0.422 e. The number of piperidine rings is 1. The molecule has 0 aromatic heterocycles. The van der Waals surface area contributed by atoms with Crippen LogP contribution in [0.4, 0.5) is 4.79 Å². The van der Waals surface area contributed by atoms with E-state index < -0.39 is 27.9 Å². The van der Waals surface area contributed by atoms with Gasteiger partial charge in [0.05, 0.1) is 11.6 Å². The quantitative estimate of drug-likeness (QED) is 0.392. The van der Waals surface area contributed by atoms with Crippen molar-refractivity contribution >= 4 is 22.1 Å². The van der Waals surface area contributed by atoms with Gasteiger partial charge in [-0.05, 0) is 33.7 Å². The summed E-state index contributed by atoms with van der Waals surface area (Å²) in [5.41, 5.74) is 4.39. The zero-order valence-corrected chi connectivity index (χ0v) is 13.3. The molecule has 0 aliphatic carbocycles. The van der Waals surface area contributed by atoms with E-state index in [1.54, 1.807) is 18.6 Å². The van der Waals surface area contributed by atoms with Crippen LogP contribution in [-0.2, 0) is 14.9 Å². The van der Waals surface area contributed by atoms with Gasteiger partial charge in [-0.3, -0.25) is 5.41 Å². The number of likely N-dealkylation sites (tertiary alicyclic amines) is 1. The maximum absolute atomic E-state index is 12.0. The molecule has 1 aliphatic rings. The van der Waals surface area contributed by atoms with Gasteiger partial charge in [0, 0.05) is 13.1 Å². The van der Waals surface area contributed by atoms with Crippen molar-refractivity contribution in [2.45, 2.75) is 38.3 Å². The molecule has 1 rings (SSSR count). The lowest BCUT2D eigenvalue weighted by Crippen LogP contribution is -2.63. The van der Waals surface area contributed by atoms with Crippen LogP contribution in [0, 0.1) is 5.41 Å². The summed E-state index contributed by atoms with van der Waals surface area (Å²) in [7, 11) is -2.26. The van der Waals surface area contributed by atoms with Crippen molar-refractivity contribution in [1.82, 2.24) is 14.3 Å². The van der Waals surface area contributed by atoms with E-state index in [1.807, 2.05) is 11.9 Å². The Balaban J connectivity index is 2.79. The number of amides is 1. The van der Waals surface area contributed by atoms with Crippen molar-refractivity contribution < 1.29 is 17.9 Å². The van der Waals surface area contributed by atoms with Crippen LogP contribution in [0.15, 0.2) is 0 Å². The zero-order chi connectivity index (χ0) is 16.3. The molecular weight excluding hydrogens is 298 g/mol. The van der Waals surface area contributed by atoms with Gasteiger partial charge in [0.1, 0.15) is 5.84 Å². The predicted molar refractivity (Wildman–Crippen MR) is 78.2 cm³/mol.